The van der Waals surface area contributed by atoms with Gasteiger partial charge in [0.05, 0.1) is 11.6 Å². The number of para-hydroxylation sites is 1. The average molecular weight is 466 g/mol. The van der Waals surface area contributed by atoms with Gasteiger partial charge in [0.2, 0.25) is 5.91 Å². The largest absolute Gasteiger partial charge is 0.391 e. The summed E-state index contributed by atoms with van der Waals surface area (Å²) in [4.78, 5) is 21.9. The Kier molecular flexibility index (Phi) is 7.75. The van der Waals surface area contributed by atoms with E-state index in [9.17, 15) is 14.3 Å². The van der Waals surface area contributed by atoms with Gasteiger partial charge in [0.15, 0.2) is 0 Å². The zero-order chi connectivity index (χ0) is 24.1. The number of halogens is 1. The quantitative estimate of drug-likeness (QED) is 0.547. The number of nitrogens with zero attached hydrogens (tertiary/aromatic N) is 3. The first-order valence-corrected chi connectivity index (χ1v) is 11.8. The van der Waals surface area contributed by atoms with Gasteiger partial charge in [-0.1, -0.05) is 30.3 Å². The molecule has 1 amide bonds. The lowest BCUT2D eigenvalue weighted by Gasteiger charge is -2.33. The fraction of sp³-hybridized carbons (Fsp3) is 0.407. The molecule has 2 heterocycles. The van der Waals surface area contributed by atoms with Crippen molar-refractivity contribution < 1.29 is 19.0 Å². The molecule has 2 aromatic carbocycles. The van der Waals surface area contributed by atoms with Crippen molar-refractivity contribution in [1.82, 2.24) is 9.88 Å². The van der Waals surface area contributed by atoms with E-state index >= 15 is 0 Å². The zero-order valence-electron chi connectivity index (χ0n) is 19.8. The second-order valence-corrected chi connectivity index (χ2v) is 8.98. The Morgan fingerprint density at radius 1 is 1.26 bits per heavy atom. The zero-order valence-corrected chi connectivity index (χ0v) is 19.8. The summed E-state index contributed by atoms with van der Waals surface area (Å²) in [7, 11) is 1.51. The summed E-state index contributed by atoms with van der Waals surface area (Å²) < 4.78 is 18.4. The highest BCUT2D eigenvalue weighted by Crippen LogP contribution is 2.29. The monoisotopic (exact) mass is 465 g/mol. The molecule has 3 aromatic rings. The first-order valence-electron chi connectivity index (χ1n) is 11.8. The lowest BCUT2D eigenvalue weighted by Crippen LogP contribution is -2.40. The molecule has 1 atom stereocenters. The molecule has 0 radical (unpaired) electrons. The van der Waals surface area contributed by atoms with E-state index in [-0.39, 0.29) is 24.4 Å². The number of benzene rings is 2. The third kappa shape index (κ3) is 5.72. The summed E-state index contributed by atoms with van der Waals surface area (Å²) in [6.07, 6.45) is 1.90. The number of aryl methyl sites for hydroxylation is 1. The molecule has 1 N–H and O–H groups in total. The molecule has 1 aromatic heterocycles. The van der Waals surface area contributed by atoms with Crippen molar-refractivity contribution in [3.63, 3.8) is 0 Å². The third-order valence-corrected chi connectivity index (χ3v) is 6.37. The topological polar surface area (TPSA) is 65.9 Å². The van der Waals surface area contributed by atoms with E-state index in [1.165, 1.54) is 19.2 Å². The summed E-state index contributed by atoms with van der Waals surface area (Å²) in [6, 6.07) is 14.6. The highest BCUT2D eigenvalue weighted by Gasteiger charge is 2.24. The van der Waals surface area contributed by atoms with Crippen LogP contribution in [0.5, 0.6) is 0 Å². The molecular formula is C27H32FN3O3. The minimum absolute atomic E-state index is 0.0126. The van der Waals surface area contributed by atoms with Crippen LogP contribution in [0.3, 0.4) is 0 Å². The first-order chi connectivity index (χ1) is 16.4. The van der Waals surface area contributed by atoms with Crippen LogP contribution in [-0.4, -0.2) is 60.4 Å². The lowest BCUT2D eigenvalue weighted by atomic mass is 10.0. The number of piperidine rings is 1. The van der Waals surface area contributed by atoms with Gasteiger partial charge in [0, 0.05) is 44.2 Å². The Morgan fingerprint density at radius 2 is 2.06 bits per heavy atom. The van der Waals surface area contributed by atoms with Crippen LogP contribution in [-0.2, 0) is 22.5 Å². The van der Waals surface area contributed by atoms with Crippen molar-refractivity contribution in [2.45, 2.75) is 38.8 Å². The highest BCUT2D eigenvalue weighted by molar-refractivity contribution is 5.85. The normalized spacial score (nSPS) is 16.1. The minimum atomic E-state index is -0.388. The number of carbonyl (C=O) groups is 1. The number of β-amino-alcohol motifs (C(OH)–C–C–N with tert-alkyl or cyclic N) is 1. The number of anilines is 1. The number of pyridine rings is 1. The lowest BCUT2D eigenvalue weighted by molar-refractivity contribution is -0.135. The third-order valence-electron chi connectivity index (χ3n) is 6.37. The van der Waals surface area contributed by atoms with Gasteiger partial charge in [-0.15, -0.1) is 0 Å². The first kappa shape index (κ1) is 24.1. The van der Waals surface area contributed by atoms with E-state index in [4.69, 9.17) is 9.72 Å². The minimum Gasteiger partial charge on any atom is -0.391 e. The number of hydrogen-bond acceptors (Lipinski definition) is 5. The molecule has 7 heteroatoms. The number of amides is 1. The molecule has 1 saturated heterocycles. The SMILES string of the molecule is COCC(=O)N(CCc1ccc(F)cc1)Cc1cc2cccc(C)c2nc1N1CCCC(O)C1. The smallest absolute Gasteiger partial charge is 0.248 e. The van der Waals surface area contributed by atoms with Gasteiger partial charge in [0.25, 0.3) is 0 Å². The molecule has 0 spiro atoms. The average Bonchev–Trinajstić information content (AvgIpc) is 2.82. The van der Waals surface area contributed by atoms with Gasteiger partial charge >= 0.3 is 0 Å². The van der Waals surface area contributed by atoms with Crippen molar-refractivity contribution in [2.24, 2.45) is 0 Å². The van der Waals surface area contributed by atoms with E-state index in [1.54, 1.807) is 17.0 Å². The van der Waals surface area contributed by atoms with E-state index in [0.29, 0.717) is 26.1 Å². The Morgan fingerprint density at radius 3 is 2.79 bits per heavy atom. The second-order valence-electron chi connectivity index (χ2n) is 8.98. The van der Waals surface area contributed by atoms with E-state index in [2.05, 4.69) is 11.0 Å². The molecule has 1 aliphatic rings. The number of carbonyl (C=O) groups excluding carboxylic acids is 1. The fourth-order valence-corrected chi connectivity index (χ4v) is 4.55. The van der Waals surface area contributed by atoms with Gasteiger partial charge in [0.1, 0.15) is 18.2 Å². The van der Waals surface area contributed by atoms with Gasteiger partial charge < -0.3 is 19.6 Å². The molecule has 0 saturated carbocycles. The number of hydrogen-bond donors (Lipinski definition) is 1. The van der Waals surface area contributed by atoms with Crippen LogP contribution >= 0.6 is 0 Å². The van der Waals surface area contributed by atoms with Crippen molar-refractivity contribution in [3.8, 4) is 0 Å². The van der Waals surface area contributed by atoms with Crippen LogP contribution in [0.4, 0.5) is 10.2 Å². The summed E-state index contributed by atoms with van der Waals surface area (Å²) >= 11 is 0. The van der Waals surface area contributed by atoms with Gasteiger partial charge in [-0.3, -0.25) is 4.79 Å². The Labute approximate surface area is 200 Å². The second kappa shape index (κ2) is 10.9. The molecular weight excluding hydrogens is 433 g/mol. The van der Waals surface area contributed by atoms with Crippen LogP contribution in [0.1, 0.15) is 29.5 Å². The maximum Gasteiger partial charge on any atom is 0.248 e. The highest BCUT2D eigenvalue weighted by atomic mass is 19.1. The van der Waals surface area contributed by atoms with Crippen LogP contribution in [0, 0.1) is 12.7 Å². The Bertz CT molecular complexity index is 1140. The van der Waals surface area contributed by atoms with E-state index in [1.807, 2.05) is 25.1 Å². The number of fused-ring (bicyclic) bond motifs is 1. The molecule has 1 fully saturated rings. The summed E-state index contributed by atoms with van der Waals surface area (Å²) in [5.41, 5.74) is 3.92. The number of aliphatic hydroxyl groups is 1. The number of aliphatic hydroxyl groups excluding tert-OH is 1. The Hall–Kier alpha value is -3.03. The van der Waals surface area contributed by atoms with Crippen molar-refractivity contribution >= 4 is 22.6 Å². The van der Waals surface area contributed by atoms with Crippen molar-refractivity contribution in [3.05, 3.63) is 71.0 Å². The molecule has 4 rings (SSSR count). The summed E-state index contributed by atoms with van der Waals surface area (Å²) in [6.45, 7) is 4.22. The van der Waals surface area contributed by atoms with Crippen LogP contribution in [0.2, 0.25) is 0 Å². The standard InChI is InChI=1S/C27H32FN3O3/c1-19-5-3-6-21-15-22(27(29-26(19)21)31-13-4-7-24(32)17-31)16-30(25(33)18-34-2)14-12-20-8-10-23(28)11-9-20/h3,5-6,8-11,15,24,32H,4,7,12-14,16-18H2,1-2H3. The van der Waals surface area contributed by atoms with Crippen LogP contribution in [0.25, 0.3) is 10.9 Å². The molecule has 1 aliphatic heterocycles. The van der Waals surface area contributed by atoms with Gasteiger partial charge in [-0.2, -0.15) is 0 Å². The number of methoxy groups -OCH3 is 1. The maximum atomic E-state index is 13.3. The summed E-state index contributed by atoms with van der Waals surface area (Å²) in [5, 5.41) is 11.3. The van der Waals surface area contributed by atoms with E-state index in [0.717, 1.165) is 52.8 Å². The predicted octanol–water partition coefficient (Wildman–Crippen LogP) is 3.86. The number of rotatable bonds is 8. The molecule has 0 bridgehead atoms. The van der Waals surface area contributed by atoms with Gasteiger partial charge in [-0.25, -0.2) is 9.37 Å². The van der Waals surface area contributed by atoms with E-state index < -0.39 is 0 Å². The molecule has 34 heavy (non-hydrogen) atoms. The fourth-order valence-electron chi connectivity index (χ4n) is 4.55. The molecule has 1 unspecified atom stereocenters. The van der Waals surface area contributed by atoms with Crippen molar-refractivity contribution in [1.29, 1.82) is 0 Å². The predicted molar refractivity (Wildman–Crippen MR) is 131 cm³/mol. The van der Waals surface area contributed by atoms with Crippen molar-refractivity contribution in [2.75, 3.05) is 38.3 Å². The summed E-state index contributed by atoms with van der Waals surface area (Å²) in [5.74, 6) is 0.429. The number of ether oxygens (including phenoxy) is 1. The van der Waals surface area contributed by atoms with Gasteiger partial charge in [-0.05, 0) is 55.5 Å². The Balaban J connectivity index is 1.66. The van der Waals surface area contributed by atoms with Crippen LogP contribution in [0.15, 0.2) is 48.5 Å². The molecule has 180 valence electrons. The number of aromatic nitrogens is 1. The van der Waals surface area contributed by atoms with Crippen LogP contribution < -0.4 is 4.90 Å². The molecule has 0 aliphatic carbocycles. The molecule has 6 nitrogen and oxygen atoms in total. The maximum absolute atomic E-state index is 13.3.